The van der Waals surface area contributed by atoms with Crippen molar-refractivity contribution in [3.8, 4) is 0 Å². The van der Waals surface area contributed by atoms with Crippen molar-refractivity contribution in [1.82, 2.24) is 14.3 Å². The van der Waals surface area contributed by atoms with Crippen LogP contribution < -0.4 is 9.62 Å². The van der Waals surface area contributed by atoms with Crippen LogP contribution in [0.25, 0.3) is 5.52 Å². The number of carbonyl (C=O) groups is 1. The highest BCUT2D eigenvalue weighted by Gasteiger charge is 2.32. The van der Waals surface area contributed by atoms with Crippen LogP contribution in [-0.4, -0.2) is 35.2 Å². The van der Waals surface area contributed by atoms with Crippen LogP contribution in [0.2, 0.25) is 0 Å². The van der Waals surface area contributed by atoms with Crippen molar-refractivity contribution < 1.29 is 22.0 Å². The first kappa shape index (κ1) is 22.2. The number of hydrogen-bond acceptors (Lipinski definition) is 5. The normalized spacial score (nSPS) is 17.2. The first-order valence-corrected chi connectivity index (χ1v) is 11.7. The predicted octanol–water partition coefficient (Wildman–Crippen LogP) is 3.81. The van der Waals surface area contributed by atoms with E-state index >= 15 is 0 Å². The molecule has 0 radical (unpaired) electrons. The van der Waals surface area contributed by atoms with E-state index in [1.807, 2.05) is 4.90 Å². The Balaban J connectivity index is 1.70. The summed E-state index contributed by atoms with van der Waals surface area (Å²) < 4.78 is 55.4. The molecule has 0 saturated carbocycles. The number of halogens is 2. The molecule has 1 N–H and O–H groups in total. The standard InChI is InChI=1S/C22H24F2N4O3S/c1-22(2,3)32(30,31)26-21(29)17-13-25-28-10-8-15(12-20(17)28)27-9-4-5-19(27)16-11-14(23)6-7-18(16)24/h6-8,10-13,19H,4-5,9H2,1-3H3,(H,26,29). The largest absolute Gasteiger partial charge is 0.364 e. The minimum atomic E-state index is -3.90. The second-order valence-electron chi connectivity index (χ2n) is 8.84. The fraction of sp³-hybridized carbons (Fsp3) is 0.364. The van der Waals surface area contributed by atoms with Gasteiger partial charge in [-0.15, -0.1) is 0 Å². The molecule has 1 saturated heterocycles. The van der Waals surface area contributed by atoms with Gasteiger partial charge in [-0.2, -0.15) is 5.10 Å². The van der Waals surface area contributed by atoms with E-state index in [0.717, 1.165) is 18.6 Å². The van der Waals surface area contributed by atoms with Gasteiger partial charge in [0.15, 0.2) is 0 Å². The van der Waals surface area contributed by atoms with Crippen LogP contribution in [0, 0.1) is 11.6 Å². The lowest BCUT2D eigenvalue weighted by molar-refractivity contribution is 0.0982. The topological polar surface area (TPSA) is 83.8 Å². The summed E-state index contributed by atoms with van der Waals surface area (Å²) in [6.07, 6.45) is 4.40. The Morgan fingerprint density at radius 3 is 2.66 bits per heavy atom. The van der Waals surface area contributed by atoms with Gasteiger partial charge in [0.1, 0.15) is 11.6 Å². The molecule has 7 nitrogen and oxygen atoms in total. The maximum Gasteiger partial charge on any atom is 0.268 e. The van der Waals surface area contributed by atoms with Crippen molar-refractivity contribution in [1.29, 1.82) is 0 Å². The summed E-state index contributed by atoms with van der Waals surface area (Å²) >= 11 is 0. The number of sulfonamides is 1. The number of nitrogens with one attached hydrogen (secondary N) is 1. The van der Waals surface area contributed by atoms with Gasteiger partial charge in [-0.05, 0) is 63.9 Å². The Kier molecular flexibility index (Phi) is 5.44. The SMILES string of the molecule is CC(C)(C)S(=O)(=O)NC(=O)c1cnn2ccc(N3CCCC3c3cc(F)ccc3F)cc12. The molecule has 3 heterocycles. The molecule has 1 unspecified atom stereocenters. The number of anilines is 1. The second kappa shape index (κ2) is 7.84. The van der Waals surface area contributed by atoms with E-state index in [2.05, 4.69) is 9.82 Å². The molecule has 2 aromatic heterocycles. The van der Waals surface area contributed by atoms with E-state index in [9.17, 15) is 22.0 Å². The Labute approximate surface area is 185 Å². The minimum absolute atomic E-state index is 0.104. The number of carbonyl (C=O) groups excluding carboxylic acids is 1. The van der Waals surface area contributed by atoms with E-state index in [1.54, 1.807) is 18.3 Å². The molecule has 0 spiro atoms. The highest BCUT2D eigenvalue weighted by Crippen LogP contribution is 2.38. The third-order valence-electron chi connectivity index (χ3n) is 5.68. The highest BCUT2D eigenvalue weighted by atomic mass is 32.2. The van der Waals surface area contributed by atoms with Crippen molar-refractivity contribution in [3.63, 3.8) is 0 Å². The van der Waals surface area contributed by atoms with E-state index < -0.39 is 32.3 Å². The molecule has 0 aliphatic carbocycles. The van der Waals surface area contributed by atoms with Crippen molar-refractivity contribution in [2.24, 2.45) is 0 Å². The smallest absolute Gasteiger partial charge is 0.268 e. The van der Waals surface area contributed by atoms with Crippen LogP contribution in [0.15, 0.2) is 42.7 Å². The molecule has 170 valence electrons. The molecule has 0 bridgehead atoms. The molecule has 10 heteroatoms. The molecule has 32 heavy (non-hydrogen) atoms. The van der Waals surface area contributed by atoms with Crippen LogP contribution in [0.1, 0.15) is 55.6 Å². The van der Waals surface area contributed by atoms with Gasteiger partial charge in [-0.1, -0.05) is 0 Å². The third-order valence-corrected chi connectivity index (χ3v) is 7.75. The lowest BCUT2D eigenvalue weighted by Crippen LogP contribution is -2.42. The van der Waals surface area contributed by atoms with Crippen LogP contribution in [-0.2, 0) is 10.0 Å². The molecule has 3 aromatic rings. The van der Waals surface area contributed by atoms with Crippen molar-refractivity contribution in [2.45, 2.75) is 44.4 Å². The lowest BCUT2D eigenvalue weighted by atomic mass is 10.0. The number of nitrogens with zero attached hydrogens (tertiary/aromatic N) is 3. The van der Waals surface area contributed by atoms with Crippen molar-refractivity contribution in [3.05, 3.63) is 65.5 Å². The van der Waals surface area contributed by atoms with Gasteiger partial charge >= 0.3 is 0 Å². The van der Waals surface area contributed by atoms with Gasteiger partial charge in [0, 0.05) is 24.0 Å². The summed E-state index contributed by atoms with van der Waals surface area (Å²) in [5, 5.41) is 4.14. The molecule has 1 aromatic carbocycles. The number of fused-ring (bicyclic) bond motifs is 1. The summed E-state index contributed by atoms with van der Waals surface area (Å²) in [7, 11) is -3.90. The number of amides is 1. The summed E-state index contributed by atoms with van der Waals surface area (Å²) in [6.45, 7) is 5.12. The van der Waals surface area contributed by atoms with Gasteiger partial charge < -0.3 is 4.90 Å². The van der Waals surface area contributed by atoms with Crippen molar-refractivity contribution >= 4 is 27.1 Å². The van der Waals surface area contributed by atoms with Gasteiger partial charge in [0.2, 0.25) is 10.0 Å². The van der Waals surface area contributed by atoms with Crippen LogP contribution in [0.4, 0.5) is 14.5 Å². The number of aromatic nitrogens is 2. The number of pyridine rings is 1. The van der Waals surface area contributed by atoms with Gasteiger partial charge in [0.25, 0.3) is 5.91 Å². The summed E-state index contributed by atoms with van der Waals surface area (Å²) in [4.78, 5) is 14.7. The molecular weight excluding hydrogens is 438 g/mol. The van der Waals surface area contributed by atoms with Crippen LogP contribution in [0.3, 0.4) is 0 Å². The summed E-state index contributed by atoms with van der Waals surface area (Å²) in [6, 6.07) is 6.57. The van der Waals surface area contributed by atoms with E-state index in [0.29, 0.717) is 24.2 Å². The van der Waals surface area contributed by atoms with E-state index in [1.165, 1.54) is 37.5 Å². The highest BCUT2D eigenvalue weighted by molar-refractivity contribution is 7.91. The first-order valence-electron chi connectivity index (χ1n) is 10.2. The Bertz CT molecular complexity index is 1300. The lowest BCUT2D eigenvalue weighted by Gasteiger charge is -2.27. The second-order valence-corrected chi connectivity index (χ2v) is 11.3. The Hall–Kier alpha value is -3.01. The monoisotopic (exact) mass is 462 g/mol. The molecule has 1 aliphatic rings. The van der Waals surface area contributed by atoms with Gasteiger partial charge in [-0.3, -0.25) is 4.79 Å². The summed E-state index contributed by atoms with van der Waals surface area (Å²) in [5.41, 5.74) is 1.50. The number of rotatable bonds is 4. The average molecular weight is 463 g/mol. The summed E-state index contributed by atoms with van der Waals surface area (Å²) in [5.74, 6) is -1.75. The van der Waals surface area contributed by atoms with E-state index in [4.69, 9.17) is 0 Å². The van der Waals surface area contributed by atoms with Crippen LogP contribution in [0.5, 0.6) is 0 Å². The number of benzene rings is 1. The predicted molar refractivity (Wildman–Crippen MR) is 117 cm³/mol. The Morgan fingerprint density at radius 2 is 1.94 bits per heavy atom. The zero-order valence-electron chi connectivity index (χ0n) is 18.0. The quantitative estimate of drug-likeness (QED) is 0.638. The molecular formula is C22H24F2N4O3S. The third kappa shape index (κ3) is 3.94. The Morgan fingerprint density at radius 1 is 1.19 bits per heavy atom. The fourth-order valence-corrected chi connectivity index (χ4v) is 4.48. The fourth-order valence-electron chi connectivity index (χ4n) is 3.82. The number of hydrogen-bond donors (Lipinski definition) is 1. The zero-order valence-corrected chi connectivity index (χ0v) is 18.8. The minimum Gasteiger partial charge on any atom is -0.364 e. The molecule has 4 rings (SSSR count). The van der Waals surface area contributed by atoms with Crippen LogP contribution >= 0.6 is 0 Å². The molecule has 1 fully saturated rings. The van der Waals surface area contributed by atoms with Crippen molar-refractivity contribution in [2.75, 3.05) is 11.4 Å². The molecule has 1 amide bonds. The average Bonchev–Trinajstić information content (AvgIpc) is 3.35. The zero-order chi connectivity index (χ0) is 23.3. The molecule has 1 aliphatic heterocycles. The maximum absolute atomic E-state index is 14.4. The van der Waals surface area contributed by atoms with Gasteiger partial charge in [0.05, 0.1) is 28.1 Å². The first-order chi connectivity index (χ1) is 15.0. The molecule has 1 atom stereocenters. The van der Waals surface area contributed by atoms with Gasteiger partial charge in [-0.25, -0.2) is 26.4 Å². The van der Waals surface area contributed by atoms with E-state index in [-0.39, 0.29) is 17.2 Å². The maximum atomic E-state index is 14.4.